The van der Waals surface area contributed by atoms with Crippen molar-refractivity contribution in [3.63, 3.8) is 0 Å². The van der Waals surface area contributed by atoms with E-state index in [-0.39, 0.29) is 17.8 Å². The predicted octanol–water partition coefficient (Wildman–Crippen LogP) is 4.47. The molecule has 0 fully saturated rings. The third kappa shape index (κ3) is 2.18. The van der Waals surface area contributed by atoms with Crippen LogP contribution in [-0.4, -0.2) is 5.78 Å². The van der Waals surface area contributed by atoms with Gasteiger partial charge in [0.25, 0.3) is 0 Å². The zero-order valence-corrected chi connectivity index (χ0v) is 12.3. The Labute approximate surface area is 122 Å². The van der Waals surface area contributed by atoms with Gasteiger partial charge < -0.3 is 4.74 Å². The first kappa shape index (κ1) is 13.1. The Bertz CT molecular complexity index is 641. The molecule has 0 spiro atoms. The monoisotopic (exact) mass is 284 g/mol. The van der Waals surface area contributed by atoms with E-state index in [4.69, 9.17) is 4.74 Å². The minimum Gasteiger partial charge on any atom is -0.489 e. The Morgan fingerprint density at radius 1 is 1.15 bits per heavy atom. The number of carbonyl (C=O) groups is 1. The molecule has 0 bridgehead atoms. The lowest BCUT2D eigenvalue weighted by Crippen LogP contribution is -2.12. The third-order valence-corrected chi connectivity index (χ3v) is 4.41. The number of hydrogen-bond donors (Lipinski definition) is 0. The Morgan fingerprint density at radius 3 is 2.50 bits per heavy atom. The molecule has 0 amide bonds. The average molecular weight is 284 g/mol. The molecule has 0 aliphatic carbocycles. The number of carbonyl (C=O) groups excluding carboxylic acids is 1. The average Bonchev–Trinajstić information content (AvgIpc) is 3.06. The Balaban J connectivity index is 2.09. The van der Waals surface area contributed by atoms with Gasteiger partial charge in [-0.1, -0.05) is 30.3 Å². The van der Waals surface area contributed by atoms with Crippen molar-refractivity contribution in [2.24, 2.45) is 0 Å². The first-order valence-electron chi connectivity index (χ1n) is 6.64. The van der Waals surface area contributed by atoms with Gasteiger partial charge in [0.2, 0.25) is 0 Å². The maximum atomic E-state index is 12.0. The van der Waals surface area contributed by atoms with Crippen molar-refractivity contribution in [1.29, 1.82) is 0 Å². The minimum atomic E-state index is -0.0949. The van der Waals surface area contributed by atoms with Crippen LogP contribution in [0.5, 0.6) is 0 Å². The van der Waals surface area contributed by atoms with Crippen LogP contribution in [0.3, 0.4) is 0 Å². The molecular weight excluding hydrogens is 268 g/mol. The second-order valence-corrected chi connectivity index (χ2v) is 5.79. The van der Waals surface area contributed by atoms with Gasteiger partial charge in [-0.05, 0) is 36.2 Å². The van der Waals surface area contributed by atoms with Crippen LogP contribution in [0.25, 0.3) is 0 Å². The lowest BCUT2D eigenvalue weighted by Gasteiger charge is -2.20. The van der Waals surface area contributed by atoms with Crippen LogP contribution in [0, 0.1) is 0 Å². The molecule has 0 radical (unpaired) electrons. The maximum Gasteiger partial charge on any atom is 0.159 e. The second kappa shape index (κ2) is 5.25. The summed E-state index contributed by atoms with van der Waals surface area (Å²) in [5.74, 6) is 0.833. The molecule has 2 nitrogen and oxygen atoms in total. The van der Waals surface area contributed by atoms with E-state index in [0.29, 0.717) is 0 Å². The fourth-order valence-corrected chi connectivity index (χ4v) is 3.54. The molecule has 3 heteroatoms. The summed E-state index contributed by atoms with van der Waals surface area (Å²) in [4.78, 5) is 12.0. The molecule has 0 N–H and O–H groups in total. The fraction of sp³-hybridized carbons (Fsp3) is 0.235. The van der Waals surface area contributed by atoms with E-state index in [2.05, 4.69) is 23.6 Å². The number of allylic oxidation sites excluding steroid dienone is 1. The van der Waals surface area contributed by atoms with Crippen LogP contribution in [-0.2, 0) is 9.53 Å². The molecule has 0 saturated heterocycles. The van der Waals surface area contributed by atoms with Crippen molar-refractivity contribution in [3.05, 3.63) is 69.6 Å². The van der Waals surface area contributed by atoms with Gasteiger partial charge >= 0.3 is 0 Å². The number of ether oxygens (including phenoxy) is 1. The highest BCUT2D eigenvalue weighted by Crippen LogP contribution is 2.47. The molecule has 2 atom stereocenters. The Morgan fingerprint density at radius 2 is 1.90 bits per heavy atom. The van der Waals surface area contributed by atoms with Crippen molar-refractivity contribution < 1.29 is 9.53 Å². The standard InChI is InChI=1S/C17H16O2S/c1-11(18)15-12(2)19-17(14-8-9-20-10-14)16(15)13-6-4-3-5-7-13/h3-10,16-17H,1-2H3/t16-,17-/m1/s1. The Kier molecular flexibility index (Phi) is 3.45. The molecule has 0 saturated carbocycles. The molecular formula is C17H16O2S. The quantitative estimate of drug-likeness (QED) is 0.831. The van der Waals surface area contributed by atoms with Gasteiger partial charge in [-0.15, -0.1) is 0 Å². The lowest BCUT2D eigenvalue weighted by molar-refractivity contribution is -0.113. The molecule has 1 aromatic carbocycles. The fourth-order valence-electron chi connectivity index (χ4n) is 2.86. The normalized spacial score (nSPS) is 21.9. The van der Waals surface area contributed by atoms with Crippen LogP contribution in [0.4, 0.5) is 0 Å². The van der Waals surface area contributed by atoms with Gasteiger partial charge in [0.15, 0.2) is 5.78 Å². The SMILES string of the molecule is CC(=O)C1=C(C)O[C@H](c2ccsc2)[C@@H]1c1ccccc1. The molecule has 1 aromatic heterocycles. The van der Waals surface area contributed by atoms with Crippen molar-refractivity contribution >= 4 is 17.1 Å². The van der Waals surface area contributed by atoms with Gasteiger partial charge in [-0.2, -0.15) is 11.3 Å². The minimum absolute atomic E-state index is 0.0108. The number of hydrogen-bond acceptors (Lipinski definition) is 3. The molecule has 2 aromatic rings. The highest BCUT2D eigenvalue weighted by Gasteiger charge is 2.39. The Hall–Kier alpha value is -1.87. The number of rotatable bonds is 3. The molecule has 1 aliphatic rings. The van der Waals surface area contributed by atoms with E-state index >= 15 is 0 Å². The first-order chi connectivity index (χ1) is 9.68. The number of benzene rings is 1. The van der Waals surface area contributed by atoms with Crippen LogP contribution in [0.2, 0.25) is 0 Å². The van der Waals surface area contributed by atoms with E-state index in [1.165, 1.54) is 0 Å². The summed E-state index contributed by atoms with van der Waals surface area (Å²) < 4.78 is 6.01. The molecule has 20 heavy (non-hydrogen) atoms. The summed E-state index contributed by atoms with van der Waals surface area (Å²) in [7, 11) is 0. The van der Waals surface area contributed by atoms with Crippen LogP contribution in [0.15, 0.2) is 58.5 Å². The summed E-state index contributed by atoms with van der Waals surface area (Å²) in [6.45, 7) is 3.51. The summed E-state index contributed by atoms with van der Waals surface area (Å²) in [5.41, 5.74) is 3.07. The van der Waals surface area contributed by atoms with Gasteiger partial charge in [0.1, 0.15) is 11.9 Å². The van der Waals surface area contributed by atoms with E-state index in [0.717, 1.165) is 22.5 Å². The van der Waals surface area contributed by atoms with E-state index in [1.54, 1.807) is 18.3 Å². The zero-order valence-electron chi connectivity index (χ0n) is 11.5. The topological polar surface area (TPSA) is 26.3 Å². The molecule has 102 valence electrons. The van der Waals surface area contributed by atoms with Crippen molar-refractivity contribution in [2.45, 2.75) is 25.9 Å². The summed E-state index contributed by atoms with van der Waals surface area (Å²) in [6.07, 6.45) is -0.0949. The van der Waals surface area contributed by atoms with Crippen LogP contribution in [0.1, 0.15) is 37.0 Å². The van der Waals surface area contributed by atoms with E-state index < -0.39 is 0 Å². The predicted molar refractivity (Wildman–Crippen MR) is 80.7 cm³/mol. The zero-order chi connectivity index (χ0) is 14.1. The van der Waals surface area contributed by atoms with Crippen molar-refractivity contribution in [3.8, 4) is 0 Å². The number of ketones is 1. The summed E-state index contributed by atoms with van der Waals surface area (Å²) >= 11 is 1.65. The highest BCUT2D eigenvalue weighted by molar-refractivity contribution is 7.07. The smallest absolute Gasteiger partial charge is 0.159 e. The van der Waals surface area contributed by atoms with Crippen LogP contribution >= 0.6 is 11.3 Å². The highest BCUT2D eigenvalue weighted by atomic mass is 32.1. The number of Topliss-reactive ketones (excluding diaryl/α,β-unsaturated/α-hetero) is 1. The van der Waals surface area contributed by atoms with Crippen molar-refractivity contribution in [1.82, 2.24) is 0 Å². The van der Waals surface area contributed by atoms with Gasteiger partial charge in [0, 0.05) is 11.1 Å². The molecule has 0 unspecified atom stereocenters. The van der Waals surface area contributed by atoms with E-state index in [1.807, 2.05) is 30.5 Å². The molecule has 1 aliphatic heterocycles. The van der Waals surface area contributed by atoms with E-state index in [9.17, 15) is 4.79 Å². The molecule has 2 heterocycles. The maximum absolute atomic E-state index is 12.0. The first-order valence-corrected chi connectivity index (χ1v) is 7.58. The third-order valence-electron chi connectivity index (χ3n) is 3.71. The van der Waals surface area contributed by atoms with Gasteiger partial charge in [0.05, 0.1) is 5.92 Å². The lowest BCUT2D eigenvalue weighted by atomic mass is 9.84. The summed E-state index contributed by atoms with van der Waals surface area (Å²) in [5, 5.41) is 4.14. The van der Waals surface area contributed by atoms with Crippen molar-refractivity contribution in [2.75, 3.05) is 0 Å². The van der Waals surface area contributed by atoms with Crippen LogP contribution < -0.4 is 0 Å². The van der Waals surface area contributed by atoms with Gasteiger partial charge in [-0.3, -0.25) is 4.79 Å². The largest absolute Gasteiger partial charge is 0.489 e. The number of thiophene rings is 1. The summed E-state index contributed by atoms with van der Waals surface area (Å²) in [6, 6.07) is 12.2. The second-order valence-electron chi connectivity index (χ2n) is 5.01. The van der Waals surface area contributed by atoms with Gasteiger partial charge in [-0.25, -0.2) is 0 Å². The molecule has 3 rings (SSSR count).